The largest absolute Gasteiger partial charge is 0.360 e. The molecule has 0 N–H and O–H groups in total. The van der Waals surface area contributed by atoms with Crippen LogP contribution in [0.3, 0.4) is 0 Å². The van der Waals surface area contributed by atoms with E-state index < -0.39 is 0 Å². The lowest BCUT2D eigenvalue weighted by Gasteiger charge is -2.37. The van der Waals surface area contributed by atoms with E-state index in [4.69, 9.17) is 0 Å². The van der Waals surface area contributed by atoms with Gasteiger partial charge < -0.3 is 14.4 Å². The second kappa shape index (κ2) is 6.72. The molecule has 1 aliphatic heterocycles. The minimum absolute atomic E-state index is 0.158. The average Bonchev–Trinajstić information content (AvgIpc) is 3.11. The molecule has 0 bridgehead atoms. The molecule has 3 aromatic rings. The Labute approximate surface area is 158 Å². The molecule has 140 valence electrons. The van der Waals surface area contributed by atoms with Crippen molar-refractivity contribution in [3.63, 3.8) is 0 Å². The molecule has 4 nitrogen and oxygen atoms in total. The highest BCUT2D eigenvalue weighted by molar-refractivity contribution is 5.86. The van der Waals surface area contributed by atoms with Crippen molar-refractivity contribution >= 4 is 22.5 Å². The third-order valence-electron chi connectivity index (χ3n) is 5.35. The lowest BCUT2D eigenvalue weighted by Crippen LogP contribution is -2.52. The second-order valence-corrected chi connectivity index (χ2v) is 7.43. The zero-order chi connectivity index (χ0) is 19.1. The number of hydrogen-bond acceptors (Lipinski definition) is 2. The first-order valence-corrected chi connectivity index (χ1v) is 9.36. The van der Waals surface area contributed by atoms with Gasteiger partial charge in [-0.1, -0.05) is 12.1 Å². The van der Waals surface area contributed by atoms with Gasteiger partial charge in [-0.05, 0) is 56.7 Å². The van der Waals surface area contributed by atoms with E-state index in [1.54, 1.807) is 0 Å². The van der Waals surface area contributed by atoms with Crippen LogP contribution in [0.25, 0.3) is 16.6 Å². The Morgan fingerprint density at radius 3 is 2.56 bits per heavy atom. The maximum Gasteiger partial charge on any atom is 0.242 e. The molecule has 0 aliphatic carbocycles. The number of aryl methyl sites for hydroxylation is 1. The summed E-state index contributed by atoms with van der Waals surface area (Å²) in [6.07, 6.45) is 1.90. The fourth-order valence-electron chi connectivity index (χ4n) is 3.90. The van der Waals surface area contributed by atoms with Crippen molar-refractivity contribution in [3.05, 3.63) is 60.0 Å². The smallest absolute Gasteiger partial charge is 0.242 e. The molecule has 4 rings (SSSR count). The van der Waals surface area contributed by atoms with E-state index in [9.17, 15) is 9.18 Å². The van der Waals surface area contributed by atoms with E-state index >= 15 is 0 Å². The predicted molar refractivity (Wildman–Crippen MR) is 107 cm³/mol. The van der Waals surface area contributed by atoms with E-state index in [0.29, 0.717) is 11.9 Å². The summed E-state index contributed by atoms with van der Waals surface area (Å²) in [4.78, 5) is 16.5. The third-order valence-corrected chi connectivity index (χ3v) is 5.35. The summed E-state index contributed by atoms with van der Waals surface area (Å²) in [7, 11) is 0. The topological polar surface area (TPSA) is 28.5 Å². The fraction of sp³-hybridized carbons (Fsp3) is 0.318. The molecule has 0 radical (unpaired) electrons. The molecule has 0 saturated carbocycles. The first-order valence-electron chi connectivity index (χ1n) is 9.36. The summed E-state index contributed by atoms with van der Waals surface area (Å²) in [5.74, 6) is -0.0492. The average molecular weight is 365 g/mol. The number of rotatable bonds is 3. The van der Waals surface area contributed by atoms with Gasteiger partial charge in [-0.25, -0.2) is 4.39 Å². The molecule has 0 atom stereocenters. The molecule has 2 aromatic carbocycles. The molecule has 1 aromatic heterocycles. The first kappa shape index (κ1) is 17.6. The number of carbonyl (C=O) groups is 1. The zero-order valence-electron chi connectivity index (χ0n) is 15.9. The zero-order valence-corrected chi connectivity index (χ0v) is 15.9. The number of fused-ring (bicyclic) bond motifs is 1. The van der Waals surface area contributed by atoms with Crippen LogP contribution in [0, 0.1) is 12.7 Å². The van der Waals surface area contributed by atoms with Crippen molar-refractivity contribution in [2.24, 2.45) is 0 Å². The van der Waals surface area contributed by atoms with E-state index in [0.717, 1.165) is 35.5 Å². The number of amides is 1. The van der Waals surface area contributed by atoms with Crippen molar-refractivity contribution in [1.82, 2.24) is 9.47 Å². The number of nitrogens with zero attached hydrogens (tertiary/aromatic N) is 3. The second-order valence-electron chi connectivity index (χ2n) is 7.43. The van der Waals surface area contributed by atoms with Gasteiger partial charge in [-0.15, -0.1) is 0 Å². The molecule has 0 unspecified atom stereocenters. The van der Waals surface area contributed by atoms with Crippen LogP contribution in [0.1, 0.15) is 19.4 Å². The quantitative estimate of drug-likeness (QED) is 0.698. The Kier molecular flexibility index (Phi) is 4.38. The Morgan fingerprint density at radius 1 is 1.04 bits per heavy atom. The monoisotopic (exact) mass is 365 g/mol. The highest BCUT2D eigenvalue weighted by atomic mass is 19.1. The first-order chi connectivity index (χ1) is 13.0. The van der Waals surface area contributed by atoms with Gasteiger partial charge in [0.2, 0.25) is 5.91 Å². The number of piperazine rings is 1. The van der Waals surface area contributed by atoms with Crippen molar-refractivity contribution in [3.8, 4) is 5.69 Å². The van der Waals surface area contributed by atoms with Crippen LogP contribution in [0.2, 0.25) is 0 Å². The van der Waals surface area contributed by atoms with E-state index in [-0.39, 0.29) is 17.8 Å². The maximum absolute atomic E-state index is 14.1. The van der Waals surface area contributed by atoms with Crippen molar-refractivity contribution < 1.29 is 9.18 Å². The van der Waals surface area contributed by atoms with Crippen molar-refractivity contribution in [2.75, 3.05) is 24.5 Å². The van der Waals surface area contributed by atoms with Crippen molar-refractivity contribution in [2.45, 2.75) is 26.8 Å². The third kappa shape index (κ3) is 3.07. The van der Waals surface area contributed by atoms with Gasteiger partial charge in [-0.3, -0.25) is 4.79 Å². The molecule has 2 heterocycles. The molecule has 1 saturated heterocycles. The molecular formula is C22H24FN3O. The Balaban J connectivity index is 1.69. The highest BCUT2D eigenvalue weighted by Gasteiger charge is 2.26. The molecule has 27 heavy (non-hydrogen) atoms. The van der Waals surface area contributed by atoms with Gasteiger partial charge in [0.05, 0.1) is 12.1 Å². The SMILES string of the molecule is Cc1ccc(F)c2ccn(-c3cccc(N4CCN(C(C)C)C(=O)C4)c3)c12. The number of halogens is 1. The van der Waals surface area contributed by atoms with Crippen LogP contribution in [0.5, 0.6) is 0 Å². The molecule has 0 spiro atoms. The van der Waals surface area contributed by atoms with Gasteiger partial charge in [0.1, 0.15) is 5.82 Å². The lowest BCUT2D eigenvalue weighted by molar-refractivity contribution is -0.132. The summed E-state index contributed by atoms with van der Waals surface area (Å²) < 4.78 is 16.2. The maximum atomic E-state index is 14.1. The normalized spacial score (nSPS) is 15.2. The Hall–Kier alpha value is -2.82. The summed E-state index contributed by atoms with van der Waals surface area (Å²) >= 11 is 0. The van der Waals surface area contributed by atoms with Crippen LogP contribution in [-0.2, 0) is 4.79 Å². The number of aromatic nitrogens is 1. The summed E-state index contributed by atoms with van der Waals surface area (Å²) in [6.45, 7) is 8.03. The van der Waals surface area contributed by atoms with Gasteiger partial charge in [0.15, 0.2) is 0 Å². The number of benzene rings is 2. The Morgan fingerprint density at radius 2 is 1.81 bits per heavy atom. The molecule has 1 aliphatic rings. The highest BCUT2D eigenvalue weighted by Crippen LogP contribution is 2.28. The number of carbonyl (C=O) groups excluding carboxylic acids is 1. The fourth-order valence-corrected chi connectivity index (χ4v) is 3.90. The van der Waals surface area contributed by atoms with Gasteiger partial charge in [-0.2, -0.15) is 0 Å². The van der Waals surface area contributed by atoms with Gasteiger partial charge in [0, 0.05) is 42.1 Å². The minimum atomic E-state index is -0.207. The molecular weight excluding hydrogens is 341 g/mol. The standard InChI is InChI=1S/C22H24FN3O/c1-15(2)25-12-11-24(14-21(25)27)17-5-4-6-18(13-17)26-10-9-19-20(23)8-7-16(3)22(19)26/h4-10,13,15H,11-12,14H2,1-3H3. The van der Waals surface area contributed by atoms with E-state index in [2.05, 4.69) is 11.0 Å². The summed E-state index contributed by atoms with van der Waals surface area (Å²) in [5, 5.41) is 0.626. The van der Waals surface area contributed by atoms with Crippen LogP contribution in [0.15, 0.2) is 48.7 Å². The van der Waals surface area contributed by atoms with E-state index in [1.807, 2.05) is 66.8 Å². The predicted octanol–water partition coefficient (Wildman–Crippen LogP) is 4.14. The van der Waals surface area contributed by atoms with Crippen LogP contribution < -0.4 is 4.90 Å². The number of hydrogen-bond donors (Lipinski definition) is 0. The summed E-state index contributed by atoms with van der Waals surface area (Å²) in [5.41, 5.74) is 3.89. The van der Waals surface area contributed by atoms with Crippen LogP contribution in [-0.4, -0.2) is 41.1 Å². The Bertz CT molecular complexity index is 1010. The summed E-state index contributed by atoms with van der Waals surface area (Å²) in [6, 6.07) is 13.5. The van der Waals surface area contributed by atoms with Crippen LogP contribution in [0.4, 0.5) is 10.1 Å². The van der Waals surface area contributed by atoms with Gasteiger partial charge >= 0.3 is 0 Å². The molecule has 1 fully saturated rings. The van der Waals surface area contributed by atoms with Crippen molar-refractivity contribution in [1.29, 1.82) is 0 Å². The lowest BCUT2D eigenvalue weighted by atomic mass is 10.1. The number of anilines is 1. The molecule has 5 heteroatoms. The minimum Gasteiger partial charge on any atom is -0.360 e. The van der Waals surface area contributed by atoms with E-state index in [1.165, 1.54) is 6.07 Å². The molecule has 1 amide bonds. The van der Waals surface area contributed by atoms with Crippen LogP contribution >= 0.6 is 0 Å². The van der Waals surface area contributed by atoms with Gasteiger partial charge in [0.25, 0.3) is 0 Å².